The number of allylic oxidation sites excluding steroid dienone is 2. The average molecular weight is 450 g/mol. The first-order valence-electron chi connectivity index (χ1n) is 11.5. The molecule has 0 N–H and O–H groups in total. The van der Waals surface area contributed by atoms with Gasteiger partial charge in [-0.1, -0.05) is 61.5 Å². The third-order valence-corrected chi connectivity index (χ3v) is 10.8. The van der Waals surface area contributed by atoms with Gasteiger partial charge < -0.3 is 9.80 Å². The van der Waals surface area contributed by atoms with Crippen molar-refractivity contribution in [2.45, 2.75) is 33.9 Å². The first-order chi connectivity index (χ1) is 16.3. The second-order valence-electron chi connectivity index (χ2n) is 8.39. The van der Waals surface area contributed by atoms with E-state index in [1.807, 2.05) is 0 Å². The molecule has 6 rings (SSSR count). The normalized spacial score (nSPS) is 21.2. The SMILES string of the molecule is CCS(c1ccccc1)(c1ccccc1)c1ccc(N2C=CN3C4C=CC=CC4=NC23)cc1. The molecule has 1 aliphatic carbocycles. The van der Waals surface area contributed by atoms with Gasteiger partial charge in [-0.2, -0.15) is 10.0 Å². The summed E-state index contributed by atoms with van der Waals surface area (Å²) < 4.78 is 0. The maximum atomic E-state index is 4.99. The molecule has 3 aromatic carbocycles. The number of rotatable bonds is 5. The molecule has 2 atom stereocenters. The molecule has 2 unspecified atom stereocenters. The fourth-order valence-electron chi connectivity index (χ4n) is 5.12. The molecule has 0 saturated carbocycles. The van der Waals surface area contributed by atoms with Crippen molar-refractivity contribution in [2.24, 2.45) is 4.99 Å². The number of nitrogens with zero attached hydrogens (tertiary/aromatic N) is 3. The number of fused-ring (bicyclic) bond motifs is 3. The van der Waals surface area contributed by atoms with E-state index in [2.05, 4.69) is 138 Å². The summed E-state index contributed by atoms with van der Waals surface area (Å²) in [5.74, 6) is 1.06. The summed E-state index contributed by atoms with van der Waals surface area (Å²) >= 11 is 0. The second-order valence-corrected chi connectivity index (χ2v) is 11.9. The van der Waals surface area contributed by atoms with Crippen molar-refractivity contribution in [1.29, 1.82) is 0 Å². The molecule has 0 saturated heterocycles. The van der Waals surface area contributed by atoms with Gasteiger partial charge >= 0.3 is 0 Å². The maximum Gasteiger partial charge on any atom is 0.203 e. The molecule has 0 spiro atoms. The Morgan fingerprint density at radius 1 is 0.758 bits per heavy atom. The van der Waals surface area contributed by atoms with Gasteiger partial charge in [0.2, 0.25) is 6.29 Å². The summed E-state index contributed by atoms with van der Waals surface area (Å²) in [5.41, 5.74) is 2.31. The Labute approximate surface area is 197 Å². The number of anilines is 1. The van der Waals surface area contributed by atoms with Crippen LogP contribution in [0.15, 0.2) is 141 Å². The van der Waals surface area contributed by atoms with Gasteiger partial charge in [-0.3, -0.25) is 0 Å². The van der Waals surface area contributed by atoms with Crippen LogP contribution in [0.2, 0.25) is 0 Å². The lowest BCUT2D eigenvalue weighted by atomic mass is 10.1. The summed E-state index contributed by atoms with van der Waals surface area (Å²) in [6, 6.07) is 31.5. The summed E-state index contributed by atoms with van der Waals surface area (Å²) in [4.78, 5) is 13.8. The zero-order valence-corrected chi connectivity index (χ0v) is 19.5. The number of hydrogen-bond donors (Lipinski definition) is 0. The monoisotopic (exact) mass is 449 g/mol. The molecule has 2 aliphatic heterocycles. The zero-order chi connectivity index (χ0) is 22.3. The third-order valence-electron chi connectivity index (χ3n) is 6.74. The van der Waals surface area contributed by atoms with Crippen molar-refractivity contribution in [1.82, 2.24) is 4.90 Å². The van der Waals surface area contributed by atoms with Crippen LogP contribution in [-0.2, 0) is 0 Å². The predicted octanol–water partition coefficient (Wildman–Crippen LogP) is 6.81. The van der Waals surface area contributed by atoms with E-state index in [0.29, 0.717) is 0 Å². The van der Waals surface area contributed by atoms with Crippen LogP contribution in [0, 0.1) is 0 Å². The van der Waals surface area contributed by atoms with Gasteiger partial charge in [0.1, 0.15) is 0 Å². The first kappa shape index (κ1) is 20.1. The number of benzene rings is 3. The molecule has 0 radical (unpaired) electrons. The van der Waals surface area contributed by atoms with E-state index in [9.17, 15) is 0 Å². The quantitative estimate of drug-likeness (QED) is 0.426. The van der Waals surface area contributed by atoms with Crippen molar-refractivity contribution in [2.75, 3.05) is 10.7 Å². The van der Waals surface area contributed by atoms with Crippen LogP contribution in [-0.4, -0.2) is 28.7 Å². The van der Waals surface area contributed by atoms with Gasteiger partial charge in [0, 0.05) is 18.1 Å². The first-order valence-corrected chi connectivity index (χ1v) is 13.3. The van der Waals surface area contributed by atoms with Gasteiger partial charge in [-0.05, 0) is 75.0 Å². The molecular weight excluding hydrogens is 422 g/mol. The van der Waals surface area contributed by atoms with Crippen molar-refractivity contribution in [3.05, 3.63) is 122 Å². The average Bonchev–Trinajstić information content (AvgIpc) is 3.46. The Bertz CT molecular complexity index is 1220. The lowest BCUT2D eigenvalue weighted by Gasteiger charge is -2.41. The summed E-state index contributed by atoms with van der Waals surface area (Å²) in [6.45, 7) is 2.32. The van der Waals surface area contributed by atoms with E-state index >= 15 is 0 Å². The van der Waals surface area contributed by atoms with E-state index in [1.54, 1.807) is 0 Å². The standard InChI is InChI=1S/C29H27N3S/c1-2-33(24-11-5-3-6-12-24,25-13-7-4-8-14-25)26-19-17-23(18-20-26)31-21-22-32-28-16-10-9-15-27(28)30-29(31)32/h3-22,28-29H,2H2,1H3. The highest BCUT2D eigenvalue weighted by Crippen LogP contribution is 2.68. The molecule has 33 heavy (non-hydrogen) atoms. The lowest BCUT2D eigenvalue weighted by Crippen LogP contribution is -2.38. The van der Waals surface area contributed by atoms with Crippen molar-refractivity contribution >= 4 is 21.4 Å². The van der Waals surface area contributed by atoms with E-state index in [0.717, 1.165) is 11.5 Å². The minimum absolute atomic E-state index is 0.00484. The van der Waals surface area contributed by atoms with E-state index in [-0.39, 0.29) is 12.3 Å². The molecule has 0 fully saturated rings. The van der Waals surface area contributed by atoms with Crippen LogP contribution in [0.5, 0.6) is 0 Å². The molecule has 3 nitrogen and oxygen atoms in total. The largest absolute Gasteiger partial charge is 0.325 e. The zero-order valence-electron chi connectivity index (χ0n) is 18.7. The van der Waals surface area contributed by atoms with Gasteiger partial charge in [0.05, 0.1) is 11.8 Å². The van der Waals surface area contributed by atoms with Crippen LogP contribution < -0.4 is 4.90 Å². The van der Waals surface area contributed by atoms with Crippen LogP contribution in [0.3, 0.4) is 0 Å². The molecule has 0 amide bonds. The highest BCUT2D eigenvalue weighted by molar-refractivity contribution is 8.33. The molecule has 164 valence electrons. The van der Waals surface area contributed by atoms with Crippen molar-refractivity contribution in [3.8, 4) is 0 Å². The fraction of sp³-hybridized carbons (Fsp3) is 0.138. The predicted molar refractivity (Wildman–Crippen MR) is 139 cm³/mol. The Kier molecular flexibility index (Phi) is 4.96. The minimum Gasteiger partial charge on any atom is -0.325 e. The highest BCUT2D eigenvalue weighted by atomic mass is 32.3. The Hall–Kier alpha value is -3.50. The smallest absolute Gasteiger partial charge is 0.203 e. The van der Waals surface area contributed by atoms with Crippen LogP contribution in [0.1, 0.15) is 6.92 Å². The maximum absolute atomic E-state index is 4.99. The lowest BCUT2D eigenvalue weighted by molar-refractivity contribution is 0.335. The van der Waals surface area contributed by atoms with Gasteiger partial charge in [0.15, 0.2) is 0 Å². The van der Waals surface area contributed by atoms with Gasteiger partial charge in [0.25, 0.3) is 0 Å². The topological polar surface area (TPSA) is 18.8 Å². The number of hydrogen-bond acceptors (Lipinski definition) is 3. The summed E-state index contributed by atoms with van der Waals surface area (Å²) in [5, 5.41) is 0. The minimum atomic E-state index is -1.34. The Balaban J connectivity index is 1.38. The van der Waals surface area contributed by atoms with E-state index in [1.165, 1.54) is 20.4 Å². The molecular formula is C29H27N3S. The van der Waals surface area contributed by atoms with Crippen molar-refractivity contribution in [3.63, 3.8) is 0 Å². The van der Waals surface area contributed by atoms with Crippen LogP contribution >= 0.6 is 10.0 Å². The molecule has 0 bridgehead atoms. The van der Waals surface area contributed by atoms with Gasteiger partial charge in [-0.15, -0.1) is 0 Å². The molecule has 2 heterocycles. The Morgan fingerprint density at radius 3 is 2.03 bits per heavy atom. The molecule has 4 heteroatoms. The van der Waals surface area contributed by atoms with Crippen molar-refractivity contribution < 1.29 is 0 Å². The number of aliphatic imine (C=N–C) groups is 1. The summed E-state index contributed by atoms with van der Waals surface area (Å²) in [7, 11) is -1.34. The van der Waals surface area contributed by atoms with Gasteiger partial charge in [-0.25, -0.2) is 4.99 Å². The third kappa shape index (κ3) is 3.17. The van der Waals surface area contributed by atoms with E-state index < -0.39 is 10.0 Å². The molecule has 3 aliphatic rings. The molecule has 0 aromatic heterocycles. The van der Waals surface area contributed by atoms with E-state index in [4.69, 9.17) is 4.99 Å². The van der Waals surface area contributed by atoms with Crippen LogP contribution in [0.25, 0.3) is 0 Å². The second kappa shape index (κ2) is 8.13. The molecule has 3 aromatic rings. The fourth-order valence-corrected chi connectivity index (χ4v) is 8.78. The Morgan fingerprint density at radius 2 is 1.39 bits per heavy atom. The van der Waals surface area contributed by atoms with Crippen LogP contribution in [0.4, 0.5) is 5.69 Å². The summed E-state index contributed by atoms with van der Waals surface area (Å²) in [6.07, 6.45) is 12.8. The highest BCUT2D eigenvalue weighted by Gasteiger charge is 2.39.